The van der Waals surface area contributed by atoms with Crippen LogP contribution in [-0.2, 0) is 6.42 Å². The van der Waals surface area contributed by atoms with Crippen LogP contribution in [0.4, 0.5) is 5.69 Å². The second kappa shape index (κ2) is 4.49. The SMILES string of the molecule is Cc1cc(C(=O)N2c3ccccc3CC2C)sc1C. The van der Waals surface area contributed by atoms with Crippen LogP contribution in [0.15, 0.2) is 30.3 Å². The van der Waals surface area contributed by atoms with Crippen molar-refractivity contribution in [1.82, 2.24) is 0 Å². The number of carbonyl (C=O) groups excluding carboxylic acids is 1. The lowest BCUT2D eigenvalue weighted by Crippen LogP contribution is -2.35. The molecule has 0 spiro atoms. The fourth-order valence-corrected chi connectivity index (χ4v) is 3.64. The van der Waals surface area contributed by atoms with Gasteiger partial charge in [0, 0.05) is 16.6 Å². The zero-order valence-corrected chi connectivity index (χ0v) is 12.3. The second-order valence-electron chi connectivity index (χ2n) is 5.21. The first-order valence-electron chi connectivity index (χ1n) is 6.56. The van der Waals surface area contributed by atoms with Crippen LogP contribution in [0.3, 0.4) is 0 Å². The monoisotopic (exact) mass is 271 g/mol. The van der Waals surface area contributed by atoms with Gasteiger partial charge in [-0.05, 0) is 50.5 Å². The van der Waals surface area contributed by atoms with E-state index < -0.39 is 0 Å². The highest BCUT2D eigenvalue weighted by atomic mass is 32.1. The predicted octanol–water partition coefficient (Wildman–Crippen LogP) is 3.96. The molecule has 2 nitrogen and oxygen atoms in total. The van der Waals surface area contributed by atoms with Crippen LogP contribution in [-0.4, -0.2) is 11.9 Å². The number of anilines is 1. The van der Waals surface area contributed by atoms with E-state index >= 15 is 0 Å². The van der Waals surface area contributed by atoms with Crippen molar-refractivity contribution in [2.45, 2.75) is 33.2 Å². The molecule has 1 amide bonds. The Hall–Kier alpha value is -1.61. The Labute approximate surface area is 117 Å². The molecule has 19 heavy (non-hydrogen) atoms. The summed E-state index contributed by atoms with van der Waals surface area (Å²) in [6.45, 7) is 6.24. The van der Waals surface area contributed by atoms with Gasteiger partial charge in [-0.2, -0.15) is 0 Å². The lowest BCUT2D eigenvalue weighted by molar-refractivity contribution is 0.0985. The molecule has 0 radical (unpaired) electrons. The van der Waals surface area contributed by atoms with E-state index in [1.54, 1.807) is 11.3 Å². The van der Waals surface area contributed by atoms with E-state index in [1.165, 1.54) is 16.0 Å². The molecule has 1 aromatic carbocycles. The number of thiophene rings is 1. The van der Waals surface area contributed by atoms with Crippen LogP contribution in [0, 0.1) is 13.8 Å². The summed E-state index contributed by atoms with van der Waals surface area (Å²) in [5.74, 6) is 0.138. The van der Waals surface area contributed by atoms with Crippen molar-refractivity contribution in [3.05, 3.63) is 51.2 Å². The van der Waals surface area contributed by atoms with Crippen LogP contribution >= 0.6 is 11.3 Å². The van der Waals surface area contributed by atoms with Gasteiger partial charge < -0.3 is 4.90 Å². The van der Waals surface area contributed by atoms with Crippen molar-refractivity contribution in [3.63, 3.8) is 0 Å². The predicted molar refractivity (Wildman–Crippen MR) is 80.2 cm³/mol. The van der Waals surface area contributed by atoms with Gasteiger partial charge in [0.15, 0.2) is 0 Å². The van der Waals surface area contributed by atoms with Crippen molar-refractivity contribution in [2.24, 2.45) is 0 Å². The maximum absolute atomic E-state index is 12.7. The molecule has 2 heterocycles. The molecule has 0 N–H and O–H groups in total. The molecule has 0 aliphatic carbocycles. The first-order valence-corrected chi connectivity index (χ1v) is 7.38. The summed E-state index contributed by atoms with van der Waals surface area (Å²) in [4.78, 5) is 16.7. The maximum Gasteiger partial charge on any atom is 0.268 e. The minimum atomic E-state index is 0.138. The number of hydrogen-bond acceptors (Lipinski definition) is 2. The highest BCUT2D eigenvalue weighted by Crippen LogP contribution is 2.34. The summed E-state index contributed by atoms with van der Waals surface area (Å²) < 4.78 is 0. The van der Waals surface area contributed by atoms with E-state index in [0.29, 0.717) is 0 Å². The minimum absolute atomic E-state index is 0.138. The van der Waals surface area contributed by atoms with Crippen molar-refractivity contribution in [3.8, 4) is 0 Å². The fraction of sp³-hybridized carbons (Fsp3) is 0.312. The Balaban J connectivity index is 2.00. The van der Waals surface area contributed by atoms with Crippen LogP contribution in [0.5, 0.6) is 0 Å². The number of nitrogens with zero attached hydrogens (tertiary/aromatic N) is 1. The number of benzene rings is 1. The molecule has 1 aromatic heterocycles. The van der Waals surface area contributed by atoms with Gasteiger partial charge in [0.25, 0.3) is 5.91 Å². The minimum Gasteiger partial charge on any atom is -0.304 e. The molecule has 1 unspecified atom stereocenters. The lowest BCUT2D eigenvalue weighted by Gasteiger charge is -2.21. The van der Waals surface area contributed by atoms with Crippen molar-refractivity contribution >= 4 is 22.9 Å². The lowest BCUT2D eigenvalue weighted by atomic mass is 10.1. The molecule has 1 aliphatic rings. The van der Waals surface area contributed by atoms with Crippen LogP contribution in [0.2, 0.25) is 0 Å². The van der Waals surface area contributed by atoms with E-state index in [4.69, 9.17) is 0 Å². The van der Waals surface area contributed by atoms with Gasteiger partial charge in [0.2, 0.25) is 0 Å². The quantitative estimate of drug-likeness (QED) is 0.769. The normalized spacial score (nSPS) is 17.6. The molecule has 0 saturated heterocycles. The summed E-state index contributed by atoms with van der Waals surface area (Å²) in [5, 5.41) is 0. The van der Waals surface area contributed by atoms with Gasteiger partial charge in [-0.15, -0.1) is 11.3 Å². The number of fused-ring (bicyclic) bond motifs is 1. The highest BCUT2D eigenvalue weighted by molar-refractivity contribution is 7.14. The molecule has 0 fully saturated rings. The third kappa shape index (κ3) is 1.98. The molecule has 3 heteroatoms. The van der Waals surface area contributed by atoms with Gasteiger partial charge in [-0.1, -0.05) is 18.2 Å². The van der Waals surface area contributed by atoms with Gasteiger partial charge in [0.05, 0.1) is 4.88 Å². The number of para-hydroxylation sites is 1. The molecule has 0 saturated carbocycles. The van der Waals surface area contributed by atoms with Crippen molar-refractivity contribution < 1.29 is 4.79 Å². The van der Waals surface area contributed by atoms with E-state index in [-0.39, 0.29) is 11.9 Å². The summed E-state index contributed by atoms with van der Waals surface area (Å²) in [7, 11) is 0. The zero-order valence-electron chi connectivity index (χ0n) is 11.4. The molecule has 3 rings (SSSR count). The van der Waals surface area contributed by atoms with Crippen molar-refractivity contribution in [2.75, 3.05) is 4.90 Å². The smallest absolute Gasteiger partial charge is 0.268 e. The fourth-order valence-electron chi connectivity index (χ4n) is 2.67. The maximum atomic E-state index is 12.7. The Bertz CT molecular complexity index is 624. The third-order valence-electron chi connectivity index (χ3n) is 3.80. The van der Waals surface area contributed by atoms with E-state index in [2.05, 4.69) is 26.8 Å². The van der Waals surface area contributed by atoms with Crippen LogP contribution in [0.25, 0.3) is 0 Å². The zero-order chi connectivity index (χ0) is 13.6. The number of rotatable bonds is 1. The Morgan fingerprint density at radius 1 is 1.32 bits per heavy atom. The standard InChI is InChI=1S/C16H17NOS/c1-10-8-15(19-12(10)3)16(18)17-11(2)9-13-6-4-5-7-14(13)17/h4-8,11H,9H2,1-3H3. The molecule has 98 valence electrons. The average molecular weight is 271 g/mol. The topological polar surface area (TPSA) is 20.3 Å². The molecule has 1 atom stereocenters. The summed E-state index contributed by atoms with van der Waals surface area (Å²) >= 11 is 1.59. The van der Waals surface area contributed by atoms with Crippen LogP contribution in [0.1, 0.15) is 32.6 Å². The number of amides is 1. The van der Waals surface area contributed by atoms with Gasteiger partial charge >= 0.3 is 0 Å². The molecular formula is C16H17NOS. The summed E-state index contributed by atoms with van der Waals surface area (Å²) in [6.07, 6.45) is 0.950. The first-order chi connectivity index (χ1) is 9.08. The third-order valence-corrected chi connectivity index (χ3v) is 4.94. The number of hydrogen-bond donors (Lipinski definition) is 0. The second-order valence-corrected chi connectivity index (χ2v) is 6.46. The van der Waals surface area contributed by atoms with Crippen molar-refractivity contribution in [1.29, 1.82) is 0 Å². The molecule has 0 bridgehead atoms. The van der Waals surface area contributed by atoms with Crippen LogP contribution < -0.4 is 4.90 Å². The van der Waals surface area contributed by atoms with Gasteiger partial charge in [0.1, 0.15) is 0 Å². The van der Waals surface area contributed by atoms with E-state index in [1.807, 2.05) is 29.2 Å². The summed E-state index contributed by atoms with van der Waals surface area (Å²) in [5.41, 5.74) is 3.55. The van der Waals surface area contributed by atoms with E-state index in [0.717, 1.165) is 17.0 Å². The number of carbonyl (C=O) groups is 1. The highest BCUT2D eigenvalue weighted by Gasteiger charge is 2.31. The first kappa shape index (κ1) is 12.4. The molecule has 2 aromatic rings. The largest absolute Gasteiger partial charge is 0.304 e. The average Bonchev–Trinajstić information content (AvgIpc) is 2.89. The van der Waals surface area contributed by atoms with E-state index in [9.17, 15) is 4.79 Å². The Morgan fingerprint density at radius 2 is 2.05 bits per heavy atom. The van der Waals surface area contributed by atoms with Gasteiger partial charge in [-0.25, -0.2) is 0 Å². The Kier molecular flexibility index (Phi) is 2.94. The Morgan fingerprint density at radius 3 is 2.74 bits per heavy atom. The van der Waals surface area contributed by atoms with Gasteiger partial charge in [-0.3, -0.25) is 4.79 Å². The summed E-state index contributed by atoms with van der Waals surface area (Å²) in [6, 6.07) is 10.5. The number of aryl methyl sites for hydroxylation is 2. The molecular weight excluding hydrogens is 254 g/mol. The molecule has 1 aliphatic heterocycles.